The molecule has 1 N–H and O–H groups in total. The number of alkyl halides is 2. The average molecular weight is 232 g/mol. The molecule has 0 atom stereocenters. The van der Waals surface area contributed by atoms with Gasteiger partial charge in [0.1, 0.15) is 0 Å². The first kappa shape index (κ1) is 12.0. The van der Waals surface area contributed by atoms with Crippen LogP contribution in [0.15, 0.2) is 24.3 Å². The second-order valence-corrected chi connectivity index (χ2v) is 4.19. The van der Waals surface area contributed by atoms with E-state index in [1.54, 1.807) is 18.2 Å². The molecule has 0 saturated heterocycles. The second-order valence-electron chi connectivity index (χ2n) is 3.10. The minimum Gasteiger partial charge on any atom is -0.476 e. The van der Waals surface area contributed by atoms with Crippen LogP contribution in [0.4, 0.5) is 8.78 Å². The number of benzene rings is 1. The number of hydrogen-bond acceptors (Lipinski definition) is 2. The highest BCUT2D eigenvalue weighted by atomic mass is 32.2. The Labute approximate surface area is 90.3 Å². The Morgan fingerprint density at radius 2 is 2.20 bits per heavy atom. The molecule has 5 heteroatoms. The third-order valence-corrected chi connectivity index (χ3v) is 2.77. The van der Waals surface area contributed by atoms with Crippen LogP contribution in [0.5, 0.6) is 0 Å². The van der Waals surface area contributed by atoms with Crippen LogP contribution >= 0.6 is 11.8 Å². The van der Waals surface area contributed by atoms with Crippen LogP contribution in [0.2, 0.25) is 0 Å². The lowest BCUT2D eigenvalue weighted by molar-refractivity contribution is -0.152. The summed E-state index contributed by atoms with van der Waals surface area (Å²) >= 11 is 0.116. The maximum absolute atomic E-state index is 12.7. The zero-order valence-electron chi connectivity index (χ0n) is 8.04. The molecule has 0 fully saturated rings. The molecule has 0 spiro atoms. The van der Waals surface area contributed by atoms with E-state index in [1.165, 1.54) is 0 Å². The van der Waals surface area contributed by atoms with Crippen LogP contribution in [-0.2, 0) is 10.5 Å². The van der Waals surface area contributed by atoms with Crippen LogP contribution in [0.3, 0.4) is 0 Å². The molecule has 82 valence electrons. The minimum absolute atomic E-state index is 0.0129. The van der Waals surface area contributed by atoms with E-state index in [0.29, 0.717) is 5.56 Å². The van der Waals surface area contributed by atoms with E-state index in [9.17, 15) is 13.6 Å². The Hall–Kier alpha value is -1.10. The van der Waals surface area contributed by atoms with Crippen molar-refractivity contribution in [3.63, 3.8) is 0 Å². The molecule has 0 heterocycles. The lowest BCUT2D eigenvalue weighted by atomic mass is 10.2. The molecule has 0 aliphatic carbocycles. The molecule has 0 bridgehead atoms. The van der Waals surface area contributed by atoms with Gasteiger partial charge in [-0.2, -0.15) is 8.78 Å². The van der Waals surface area contributed by atoms with Crippen LogP contribution in [-0.4, -0.2) is 16.3 Å². The van der Waals surface area contributed by atoms with Crippen molar-refractivity contribution >= 4 is 17.7 Å². The molecule has 1 rings (SSSR count). The number of aryl methyl sites for hydroxylation is 1. The molecule has 0 aromatic heterocycles. The van der Waals surface area contributed by atoms with Gasteiger partial charge in [0.25, 0.3) is 0 Å². The van der Waals surface area contributed by atoms with Crippen molar-refractivity contribution in [3.8, 4) is 0 Å². The number of carboxylic acid groups (broad SMARTS) is 1. The van der Waals surface area contributed by atoms with E-state index in [2.05, 4.69) is 0 Å². The van der Waals surface area contributed by atoms with Crippen molar-refractivity contribution in [2.45, 2.75) is 17.9 Å². The number of thioether (sulfide) groups is 1. The molecule has 0 aliphatic heterocycles. The SMILES string of the molecule is Cc1cccc(CSC(F)(F)C(=O)O)c1. The topological polar surface area (TPSA) is 37.3 Å². The summed E-state index contributed by atoms with van der Waals surface area (Å²) in [6, 6.07) is 7.05. The molecular weight excluding hydrogens is 222 g/mol. The molecule has 0 saturated carbocycles. The maximum atomic E-state index is 12.7. The molecule has 0 unspecified atom stereocenters. The third-order valence-electron chi connectivity index (χ3n) is 1.75. The smallest absolute Gasteiger partial charge is 0.389 e. The van der Waals surface area contributed by atoms with Crippen molar-refractivity contribution in [1.82, 2.24) is 0 Å². The number of carboxylic acids is 1. The van der Waals surface area contributed by atoms with Crippen molar-refractivity contribution in [2.75, 3.05) is 0 Å². The van der Waals surface area contributed by atoms with Gasteiger partial charge in [-0.1, -0.05) is 41.6 Å². The summed E-state index contributed by atoms with van der Waals surface area (Å²) in [5.41, 5.74) is 1.66. The van der Waals surface area contributed by atoms with Crippen LogP contribution < -0.4 is 0 Å². The zero-order valence-corrected chi connectivity index (χ0v) is 8.85. The van der Waals surface area contributed by atoms with E-state index in [4.69, 9.17) is 5.11 Å². The zero-order chi connectivity index (χ0) is 11.5. The van der Waals surface area contributed by atoms with Gasteiger partial charge in [0.2, 0.25) is 0 Å². The van der Waals surface area contributed by atoms with Gasteiger partial charge in [-0.25, -0.2) is 4.79 Å². The Kier molecular flexibility index (Phi) is 3.68. The number of aliphatic carboxylic acids is 1. The van der Waals surface area contributed by atoms with E-state index < -0.39 is 11.2 Å². The van der Waals surface area contributed by atoms with Gasteiger partial charge in [-0.05, 0) is 12.5 Å². The summed E-state index contributed by atoms with van der Waals surface area (Å²) in [4.78, 5) is 10.1. The summed E-state index contributed by atoms with van der Waals surface area (Å²) in [7, 11) is 0. The van der Waals surface area contributed by atoms with E-state index in [0.717, 1.165) is 5.56 Å². The quantitative estimate of drug-likeness (QED) is 0.867. The van der Waals surface area contributed by atoms with Gasteiger partial charge >= 0.3 is 11.2 Å². The van der Waals surface area contributed by atoms with E-state index in [-0.39, 0.29) is 17.5 Å². The number of hydrogen-bond donors (Lipinski definition) is 1. The lowest BCUT2D eigenvalue weighted by Crippen LogP contribution is -2.23. The normalized spacial score (nSPS) is 11.4. The Balaban J connectivity index is 2.61. The first-order valence-electron chi connectivity index (χ1n) is 4.22. The Bertz CT molecular complexity index is 366. The van der Waals surface area contributed by atoms with Crippen molar-refractivity contribution < 1.29 is 18.7 Å². The molecule has 0 radical (unpaired) electrons. The van der Waals surface area contributed by atoms with Gasteiger partial charge in [-0.15, -0.1) is 0 Å². The largest absolute Gasteiger partial charge is 0.476 e. The fraction of sp³-hybridized carbons (Fsp3) is 0.300. The molecular formula is C10H10F2O2S. The van der Waals surface area contributed by atoms with Crippen LogP contribution in [0.1, 0.15) is 11.1 Å². The molecule has 1 aromatic rings. The lowest BCUT2D eigenvalue weighted by Gasteiger charge is -2.10. The first-order valence-corrected chi connectivity index (χ1v) is 5.21. The van der Waals surface area contributed by atoms with E-state index in [1.807, 2.05) is 13.0 Å². The number of halogens is 2. The van der Waals surface area contributed by atoms with E-state index >= 15 is 0 Å². The summed E-state index contributed by atoms with van der Waals surface area (Å²) in [6.45, 7) is 1.85. The predicted molar refractivity (Wildman–Crippen MR) is 55.1 cm³/mol. The van der Waals surface area contributed by atoms with Crippen molar-refractivity contribution in [2.24, 2.45) is 0 Å². The average Bonchev–Trinajstić information content (AvgIpc) is 2.15. The second kappa shape index (κ2) is 4.61. The standard InChI is InChI=1S/C10H10F2O2S/c1-7-3-2-4-8(5-7)6-15-10(11,12)9(13)14/h2-5H,6H2,1H3,(H,13,14). The van der Waals surface area contributed by atoms with Gasteiger partial charge < -0.3 is 5.11 Å². The minimum atomic E-state index is -3.72. The molecule has 0 amide bonds. The van der Waals surface area contributed by atoms with Crippen LogP contribution in [0.25, 0.3) is 0 Å². The fourth-order valence-corrected chi connectivity index (χ4v) is 1.69. The number of carbonyl (C=O) groups is 1. The highest BCUT2D eigenvalue weighted by molar-refractivity contribution is 8.00. The summed E-state index contributed by atoms with van der Waals surface area (Å²) in [6.07, 6.45) is 0. The van der Waals surface area contributed by atoms with Gasteiger partial charge in [0, 0.05) is 5.75 Å². The predicted octanol–water partition coefficient (Wildman–Crippen LogP) is 2.91. The fourth-order valence-electron chi connectivity index (χ4n) is 1.04. The molecule has 15 heavy (non-hydrogen) atoms. The first-order chi connectivity index (χ1) is 6.92. The molecule has 0 aliphatic rings. The van der Waals surface area contributed by atoms with Gasteiger partial charge in [0.05, 0.1) is 0 Å². The highest BCUT2D eigenvalue weighted by Crippen LogP contribution is 2.32. The van der Waals surface area contributed by atoms with Gasteiger partial charge in [0.15, 0.2) is 0 Å². The van der Waals surface area contributed by atoms with Crippen molar-refractivity contribution in [1.29, 1.82) is 0 Å². The Morgan fingerprint density at radius 1 is 1.53 bits per heavy atom. The Morgan fingerprint density at radius 3 is 2.73 bits per heavy atom. The monoisotopic (exact) mass is 232 g/mol. The van der Waals surface area contributed by atoms with Gasteiger partial charge in [-0.3, -0.25) is 0 Å². The highest BCUT2D eigenvalue weighted by Gasteiger charge is 2.39. The summed E-state index contributed by atoms with van der Waals surface area (Å²) < 4.78 is 25.4. The third kappa shape index (κ3) is 3.51. The molecule has 2 nitrogen and oxygen atoms in total. The maximum Gasteiger partial charge on any atom is 0.389 e. The van der Waals surface area contributed by atoms with Crippen LogP contribution in [0, 0.1) is 6.92 Å². The number of rotatable bonds is 4. The molecule has 1 aromatic carbocycles. The van der Waals surface area contributed by atoms with Crippen molar-refractivity contribution in [3.05, 3.63) is 35.4 Å². The summed E-state index contributed by atoms with van der Waals surface area (Å²) in [5.74, 6) is -2.11. The summed E-state index contributed by atoms with van der Waals surface area (Å²) in [5, 5.41) is 4.48.